The Balaban J connectivity index is 1.51. The van der Waals surface area contributed by atoms with Crippen LogP contribution >= 0.6 is 11.3 Å². The molecule has 2 aromatic heterocycles. The van der Waals surface area contributed by atoms with E-state index in [2.05, 4.69) is 15.3 Å². The molecule has 0 saturated carbocycles. The lowest BCUT2D eigenvalue weighted by Crippen LogP contribution is -2.30. The molecule has 1 aromatic carbocycles. The van der Waals surface area contributed by atoms with E-state index in [9.17, 15) is 14.4 Å². The summed E-state index contributed by atoms with van der Waals surface area (Å²) < 4.78 is 0. The number of amides is 3. The van der Waals surface area contributed by atoms with Crippen LogP contribution in [0, 0.1) is 0 Å². The SMILES string of the molecule is CCCCN1C(=O)c2ccc(C(=O)Nc3nc(-c4ccccn4)cs3)cc2C1=O. The van der Waals surface area contributed by atoms with Crippen molar-refractivity contribution in [3.8, 4) is 11.4 Å². The summed E-state index contributed by atoms with van der Waals surface area (Å²) in [5, 5.41) is 4.99. The van der Waals surface area contributed by atoms with Crippen LogP contribution in [-0.2, 0) is 0 Å². The summed E-state index contributed by atoms with van der Waals surface area (Å²) in [5.74, 6) is -1.04. The van der Waals surface area contributed by atoms with E-state index in [0.29, 0.717) is 28.5 Å². The molecular weight excluding hydrogens is 388 g/mol. The van der Waals surface area contributed by atoms with E-state index in [1.54, 1.807) is 12.3 Å². The number of unbranched alkanes of at least 4 members (excludes halogenated alkanes) is 1. The minimum absolute atomic E-state index is 0.270. The largest absolute Gasteiger partial charge is 0.298 e. The minimum atomic E-state index is -0.387. The molecule has 0 spiro atoms. The Kier molecular flexibility index (Phi) is 5.18. The molecule has 0 fully saturated rings. The molecule has 0 radical (unpaired) electrons. The molecule has 1 aliphatic rings. The number of nitrogens with zero attached hydrogens (tertiary/aromatic N) is 3. The topological polar surface area (TPSA) is 92.3 Å². The van der Waals surface area contributed by atoms with Gasteiger partial charge in [0.2, 0.25) is 0 Å². The van der Waals surface area contributed by atoms with Gasteiger partial charge in [-0.2, -0.15) is 0 Å². The Labute approximate surface area is 171 Å². The van der Waals surface area contributed by atoms with Gasteiger partial charge in [0.1, 0.15) is 5.69 Å². The molecule has 8 heteroatoms. The third kappa shape index (κ3) is 3.66. The van der Waals surface area contributed by atoms with Crippen LogP contribution in [0.15, 0.2) is 48.0 Å². The normalized spacial score (nSPS) is 12.9. The smallest absolute Gasteiger partial charge is 0.261 e. The molecule has 7 nitrogen and oxygen atoms in total. The van der Waals surface area contributed by atoms with E-state index in [4.69, 9.17) is 0 Å². The molecule has 3 amide bonds. The average Bonchev–Trinajstić information content (AvgIpc) is 3.30. The van der Waals surface area contributed by atoms with Crippen molar-refractivity contribution in [1.29, 1.82) is 0 Å². The zero-order valence-corrected chi connectivity index (χ0v) is 16.5. The molecule has 0 aliphatic carbocycles. The molecule has 4 rings (SSSR count). The lowest BCUT2D eigenvalue weighted by Gasteiger charge is -2.12. The predicted molar refractivity (Wildman–Crippen MR) is 110 cm³/mol. The average molecular weight is 406 g/mol. The summed E-state index contributed by atoms with van der Waals surface area (Å²) in [4.78, 5) is 47.5. The van der Waals surface area contributed by atoms with E-state index >= 15 is 0 Å². The number of carbonyl (C=O) groups excluding carboxylic acids is 3. The Bertz CT molecular complexity index is 1090. The van der Waals surface area contributed by atoms with Gasteiger partial charge in [-0.15, -0.1) is 11.3 Å². The third-order valence-electron chi connectivity index (χ3n) is 4.62. The number of rotatable bonds is 6. The highest BCUT2D eigenvalue weighted by Gasteiger charge is 2.35. The number of anilines is 1. The van der Waals surface area contributed by atoms with Gasteiger partial charge < -0.3 is 0 Å². The summed E-state index contributed by atoms with van der Waals surface area (Å²) in [6.07, 6.45) is 3.32. The molecular formula is C21H18N4O3S. The Morgan fingerprint density at radius 1 is 1.10 bits per heavy atom. The first kappa shape index (κ1) is 18.9. The van der Waals surface area contributed by atoms with Crippen molar-refractivity contribution in [2.45, 2.75) is 19.8 Å². The van der Waals surface area contributed by atoms with Gasteiger partial charge in [0.15, 0.2) is 5.13 Å². The van der Waals surface area contributed by atoms with Crippen molar-refractivity contribution in [2.75, 3.05) is 11.9 Å². The lowest BCUT2D eigenvalue weighted by atomic mass is 10.1. The van der Waals surface area contributed by atoms with Crippen molar-refractivity contribution in [3.63, 3.8) is 0 Å². The second-order valence-corrected chi connectivity index (χ2v) is 7.44. The molecule has 3 heterocycles. The monoisotopic (exact) mass is 406 g/mol. The molecule has 0 unspecified atom stereocenters. The first-order valence-corrected chi connectivity index (χ1v) is 10.1. The van der Waals surface area contributed by atoms with Crippen LogP contribution in [0.2, 0.25) is 0 Å². The number of hydrogen-bond acceptors (Lipinski definition) is 6. The number of fused-ring (bicyclic) bond motifs is 1. The van der Waals surface area contributed by atoms with Gasteiger partial charge in [0, 0.05) is 23.7 Å². The van der Waals surface area contributed by atoms with E-state index in [-0.39, 0.29) is 23.3 Å². The van der Waals surface area contributed by atoms with Gasteiger partial charge in [-0.05, 0) is 36.8 Å². The standard InChI is InChI=1S/C21H18N4O3S/c1-2-3-10-25-19(27)14-8-7-13(11-15(14)20(25)28)18(26)24-21-23-17(12-29-21)16-6-4-5-9-22-16/h4-9,11-12H,2-3,10H2,1H3,(H,23,24,26). The van der Waals surface area contributed by atoms with Crippen LogP contribution in [0.1, 0.15) is 50.8 Å². The maximum Gasteiger partial charge on any atom is 0.261 e. The van der Waals surface area contributed by atoms with Gasteiger partial charge in [-0.3, -0.25) is 29.6 Å². The Hall–Kier alpha value is -3.39. The predicted octanol–water partition coefficient (Wildman–Crippen LogP) is 3.85. The third-order valence-corrected chi connectivity index (χ3v) is 5.38. The lowest BCUT2D eigenvalue weighted by molar-refractivity contribution is 0.0652. The number of nitrogens with one attached hydrogen (secondary N) is 1. The van der Waals surface area contributed by atoms with Crippen molar-refractivity contribution in [3.05, 3.63) is 64.7 Å². The maximum absolute atomic E-state index is 12.6. The van der Waals surface area contributed by atoms with Crippen LogP contribution in [0.4, 0.5) is 5.13 Å². The first-order valence-electron chi connectivity index (χ1n) is 9.27. The highest BCUT2D eigenvalue weighted by molar-refractivity contribution is 7.14. The van der Waals surface area contributed by atoms with Crippen molar-refractivity contribution in [1.82, 2.24) is 14.9 Å². The fourth-order valence-electron chi connectivity index (χ4n) is 3.08. The van der Waals surface area contributed by atoms with Gasteiger partial charge in [0.25, 0.3) is 17.7 Å². The zero-order valence-electron chi connectivity index (χ0n) is 15.7. The summed E-state index contributed by atoms with van der Waals surface area (Å²) in [6.45, 7) is 2.39. The Morgan fingerprint density at radius 2 is 1.93 bits per heavy atom. The van der Waals surface area contributed by atoms with Gasteiger partial charge in [-0.25, -0.2) is 4.98 Å². The zero-order chi connectivity index (χ0) is 20.4. The summed E-state index contributed by atoms with van der Waals surface area (Å²) in [5.41, 5.74) is 2.31. The summed E-state index contributed by atoms with van der Waals surface area (Å²) in [6, 6.07) is 10.1. The molecule has 29 heavy (non-hydrogen) atoms. The van der Waals surface area contributed by atoms with Gasteiger partial charge >= 0.3 is 0 Å². The fourth-order valence-corrected chi connectivity index (χ4v) is 3.78. The number of carbonyl (C=O) groups is 3. The van der Waals surface area contributed by atoms with Crippen molar-refractivity contribution >= 4 is 34.2 Å². The van der Waals surface area contributed by atoms with E-state index in [0.717, 1.165) is 18.5 Å². The van der Waals surface area contributed by atoms with Crippen LogP contribution in [0.5, 0.6) is 0 Å². The fraction of sp³-hybridized carbons (Fsp3) is 0.190. The van der Waals surface area contributed by atoms with Gasteiger partial charge in [-0.1, -0.05) is 19.4 Å². The van der Waals surface area contributed by atoms with E-state index in [1.165, 1.54) is 28.4 Å². The summed E-state index contributed by atoms with van der Waals surface area (Å²) in [7, 11) is 0. The number of thiazole rings is 1. The minimum Gasteiger partial charge on any atom is -0.298 e. The van der Waals surface area contributed by atoms with Crippen LogP contribution in [0.25, 0.3) is 11.4 Å². The van der Waals surface area contributed by atoms with Crippen LogP contribution < -0.4 is 5.32 Å². The van der Waals surface area contributed by atoms with Crippen molar-refractivity contribution < 1.29 is 14.4 Å². The second kappa shape index (κ2) is 7.92. The Morgan fingerprint density at radius 3 is 2.69 bits per heavy atom. The van der Waals surface area contributed by atoms with E-state index < -0.39 is 0 Å². The number of pyridine rings is 1. The molecule has 1 aliphatic heterocycles. The van der Waals surface area contributed by atoms with Crippen LogP contribution in [0.3, 0.4) is 0 Å². The summed E-state index contributed by atoms with van der Waals surface area (Å²) >= 11 is 1.29. The van der Waals surface area contributed by atoms with E-state index in [1.807, 2.05) is 30.5 Å². The molecule has 0 bridgehead atoms. The van der Waals surface area contributed by atoms with Gasteiger partial charge in [0.05, 0.1) is 16.8 Å². The molecule has 0 atom stereocenters. The first-order chi connectivity index (χ1) is 14.1. The highest BCUT2D eigenvalue weighted by Crippen LogP contribution is 2.26. The maximum atomic E-state index is 12.6. The number of benzene rings is 1. The molecule has 146 valence electrons. The number of imide groups is 1. The molecule has 1 N–H and O–H groups in total. The quantitative estimate of drug-likeness (QED) is 0.628. The second-order valence-electron chi connectivity index (χ2n) is 6.58. The van der Waals surface area contributed by atoms with Crippen molar-refractivity contribution in [2.24, 2.45) is 0 Å². The van der Waals surface area contributed by atoms with Crippen LogP contribution in [-0.4, -0.2) is 39.1 Å². The number of aromatic nitrogens is 2. The molecule has 0 saturated heterocycles. The highest BCUT2D eigenvalue weighted by atomic mass is 32.1. The number of hydrogen-bond donors (Lipinski definition) is 1. The molecule has 3 aromatic rings.